The fraction of sp³-hybridized carbons (Fsp3) is 0.571. The molecule has 0 spiro atoms. The topological polar surface area (TPSA) is 72.5 Å². The van der Waals surface area contributed by atoms with Crippen molar-refractivity contribution in [2.45, 2.75) is 70.0 Å². The summed E-state index contributed by atoms with van der Waals surface area (Å²) in [6.07, 6.45) is 2.94. The summed E-state index contributed by atoms with van der Waals surface area (Å²) < 4.78 is 35.3. The number of rotatable bonds is 3. The van der Waals surface area contributed by atoms with Gasteiger partial charge in [0, 0.05) is 5.56 Å². The molecule has 7 nitrogen and oxygen atoms in total. The summed E-state index contributed by atoms with van der Waals surface area (Å²) in [4.78, 5) is 12.4. The predicted octanol–water partition coefficient (Wildman–Crippen LogP) is 2.22. The van der Waals surface area contributed by atoms with Crippen molar-refractivity contribution in [2.24, 2.45) is 0 Å². The SMILES string of the molecule is C#Cc1ccc(C(=O)OCC2OC3OC(C)(C)OC3C3OC(C)(C)OC23)cc1. The summed E-state index contributed by atoms with van der Waals surface area (Å²) >= 11 is 0. The summed E-state index contributed by atoms with van der Waals surface area (Å²) in [5.74, 6) is 0.458. The van der Waals surface area contributed by atoms with E-state index in [1.54, 1.807) is 24.3 Å². The Morgan fingerprint density at radius 3 is 2.29 bits per heavy atom. The van der Waals surface area contributed by atoms with E-state index in [2.05, 4.69) is 5.92 Å². The molecule has 1 aromatic rings. The molecular weight excluding hydrogens is 364 g/mol. The van der Waals surface area contributed by atoms with Gasteiger partial charge in [-0.1, -0.05) is 5.92 Å². The van der Waals surface area contributed by atoms with Crippen molar-refractivity contribution < 1.29 is 33.2 Å². The maximum atomic E-state index is 12.4. The minimum atomic E-state index is -0.795. The van der Waals surface area contributed by atoms with Crippen molar-refractivity contribution in [3.05, 3.63) is 35.4 Å². The van der Waals surface area contributed by atoms with Gasteiger partial charge < -0.3 is 28.4 Å². The fourth-order valence-corrected chi connectivity index (χ4v) is 3.77. The van der Waals surface area contributed by atoms with Crippen LogP contribution in [0, 0.1) is 12.3 Å². The summed E-state index contributed by atoms with van der Waals surface area (Å²) in [7, 11) is 0. The highest BCUT2D eigenvalue weighted by molar-refractivity contribution is 5.89. The Morgan fingerprint density at radius 1 is 1.00 bits per heavy atom. The summed E-state index contributed by atoms with van der Waals surface area (Å²) in [5.41, 5.74) is 1.11. The molecule has 7 heteroatoms. The number of carbonyl (C=O) groups is 1. The molecule has 3 fully saturated rings. The van der Waals surface area contributed by atoms with Gasteiger partial charge in [0.05, 0.1) is 5.56 Å². The molecule has 3 saturated heterocycles. The Balaban J connectivity index is 1.46. The first kappa shape index (κ1) is 19.4. The Kier molecular flexibility index (Phi) is 4.73. The molecule has 5 atom stereocenters. The molecule has 5 unspecified atom stereocenters. The van der Waals surface area contributed by atoms with Crippen LogP contribution in [0.5, 0.6) is 0 Å². The van der Waals surface area contributed by atoms with Crippen molar-refractivity contribution in [2.75, 3.05) is 6.61 Å². The van der Waals surface area contributed by atoms with Crippen molar-refractivity contribution in [1.82, 2.24) is 0 Å². The molecule has 4 rings (SSSR count). The van der Waals surface area contributed by atoms with Gasteiger partial charge in [0.15, 0.2) is 17.9 Å². The minimum Gasteiger partial charge on any atom is -0.459 e. The van der Waals surface area contributed by atoms with Gasteiger partial charge in [-0.3, -0.25) is 0 Å². The third-order valence-electron chi connectivity index (χ3n) is 4.92. The van der Waals surface area contributed by atoms with Gasteiger partial charge in [0.2, 0.25) is 0 Å². The number of terminal acetylenes is 1. The van der Waals surface area contributed by atoms with E-state index in [9.17, 15) is 4.79 Å². The second-order valence-electron chi connectivity index (χ2n) is 8.03. The highest BCUT2D eigenvalue weighted by atomic mass is 16.9. The molecule has 3 aliphatic rings. The molecule has 3 heterocycles. The van der Waals surface area contributed by atoms with E-state index in [0.29, 0.717) is 11.1 Å². The second-order valence-corrected chi connectivity index (χ2v) is 8.03. The van der Waals surface area contributed by atoms with E-state index in [4.69, 9.17) is 34.8 Å². The lowest BCUT2D eigenvalue weighted by molar-refractivity contribution is -0.240. The Bertz CT molecular complexity index is 792. The lowest BCUT2D eigenvalue weighted by Crippen LogP contribution is -2.56. The number of carbonyl (C=O) groups excluding carboxylic acids is 1. The third-order valence-corrected chi connectivity index (χ3v) is 4.92. The highest BCUT2D eigenvalue weighted by Gasteiger charge is 2.60. The van der Waals surface area contributed by atoms with E-state index in [-0.39, 0.29) is 12.7 Å². The fourth-order valence-electron chi connectivity index (χ4n) is 3.77. The van der Waals surface area contributed by atoms with E-state index >= 15 is 0 Å². The standard InChI is InChI=1S/C21H24O7/c1-6-12-7-9-13(10-8-12)18(22)23-11-14-15-16(26-20(2,3)25-15)17-19(24-14)28-21(4,5)27-17/h1,7-10,14-17,19H,11H2,2-5H3. The van der Waals surface area contributed by atoms with Crippen molar-refractivity contribution >= 4 is 5.97 Å². The molecule has 150 valence electrons. The first-order valence-corrected chi connectivity index (χ1v) is 9.28. The minimum absolute atomic E-state index is 0.00331. The maximum absolute atomic E-state index is 12.4. The zero-order valence-corrected chi connectivity index (χ0v) is 16.3. The number of hydrogen-bond donors (Lipinski definition) is 0. The Labute approximate surface area is 164 Å². The van der Waals surface area contributed by atoms with E-state index in [1.807, 2.05) is 27.7 Å². The van der Waals surface area contributed by atoms with E-state index in [1.165, 1.54) is 0 Å². The maximum Gasteiger partial charge on any atom is 0.338 e. The van der Waals surface area contributed by atoms with E-state index < -0.39 is 42.1 Å². The average molecular weight is 388 g/mol. The molecule has 0 aromatic heterocycles. The first-order valence-electron chi connectivity index (χ1n) is 9.28. The molecule has 0 saturated carbocycles. The number of fused-ring (bicyclic) bond motifs is 3. The van der Waals surface area contributed by atoms with Crippen LogP contribution in [-0.4, -0.2) is 54.9 Å². The van der Waals surface area contributed by atoms with Crippen LogP contribution in [-0.2, 0) is 28.4 Å². The van der Waals surface area contributed by atoms with Crippen LogP contribution in [0.4, 0.5) is 0 Å². The van der Waals surface area contributed by atoms with Gasteiger partial charge in [0.25, 0.3) is 0 Å². The number of hydrogen-bond acceptors (Lipinski definition) is 7. The second kappa shape index (κ2) is 6.83. The van der Waals surface area contributed by atoms with E-state index in [0.717, 1.165) is 0 Å². The van der Waals surface area contributed by atoms with Gasteiger partial charge in [-0.25, -0.2) is 4.79 Å². The van der Waals surface area contributed by atoms with Gasteiger partial charge in [-0.05, 0) is 52.0 Å². The van der Waals surface area contributed by atoms with Crippen LogP contribution in [0.15, 0.2) is 24.3 Å². The van der Waals surface area contributed by atoms with Crippen LogP contribution in [0.1, 0.15) is 43.6 Å². The number of benzene rings is 1. The number of ether oxygens (including phenoxy) is 6. The van der Waals surface area contributed by atoms with Crippen LogP contribution in [0.2, 0.25) is 0 Å². The molecule has 3 aliphatic heterocycles. The molecule has 1 aromatic carbocycles. The summed E-state index contributed by atoms with van der Waals surface area (Å²) in [5, 5.41) is 0. The Morgan fingerprint density at radius 2 is 1.61 bits per heavy atom. The predicted molar refractivity (Wildman–Crippen MR) is 97.2 cm³/mol. The lowest BCUT2D eigenvalue weighted by atomic mass is 9.99. The lowest BCUT2D eigenvalue weighted by Gasteiger charge is -2.36. The third kappa shape index (κ3) is 3.66. The van der Waals surface area contributed by atoms with Crippen molar-refractivity contribution in [3.63, 3.8) is 0 Å². The van der Waals surface area contributed by atoms with Crippen molar-refractivity contribution in [3.8, 4) is 12.3 Å². The van der Waals surface area contributed by atoms with Gasteiger partial charge in [-0.15, -0.1) is 6.42 Å². The molecule has 0 bridgehead atoms. The van der Waals surface area contributed by atoms with Gasteiger partial charge >= 0.3 is 5.97 Å². The molecule has 28 heavy (non-hydrogen) atoms. The summed E-state index contributed by atoms with van der Waals surface area (Å²) in [6.45, 7) is 7.30. The molecule has 0 aliphatic carbocycles. The molecular formula is C21H24O7. The molecule has 0 radical (unpaired) electrons. The quantitative estimate of drug-likeness (QED) is 0.581. The first-order chi connectivity index (χ1) is 13.2. The largest absolute Gasteiger partial charge is 0.459 e. The summed E-state index contributed by atoms with van der Waals surface area (Å²) in [6, 6.07) is 6.65. The van der Waals surface area contributed by atoms with Crippen LogP contribution in [0.3, 0.4) is 0 Å². The zero-order valence-electron chi connectivity index (χ0n) is 16.3. The van der Waals surface area contributed by atoms with Crippen LogP contribution < -0.4 is 0 Å². The van der Waals surface area contributed by atoms with Crippen LogP contribution in [0.25, 0.3) is 0 Å². The average Bonchev–Trinajstić information content (AvgIpc) is 3.13. The smallest absolute Gasteiger partial charge is 0.338 e. The van der Waals surface area contributed by atoms with Gasteiger partial charge in [-0.2, -0.15) is 0 Å². The highest BCUT2D eigenvalue weighted by Crippen LogP contribution is 2.44. The normalized spacial score (nSPS) is 34.9. The molecule has 0 N–H and O–H groups in total. The van der Waals surface area contributed by atoms with Gasteiger partial charge in [0.1, 0.15) is 31.0 Å². The monoisotopic (exact) mass is 388 g/mol. The van der Waals surface area contributed by atoms with Crippen LogP contribution >= 0.6 is 0 Å². The zero-order chi connectivity index (χ0) is 20.1. The Hall–Kier alpha value is -1.95. The number of esters is 1. The molecule has 0 amide bonds. The van der Waals surface area contributed by atoms with Crippen molar-refractivity contribution in [1.29, 1.82) is 0 Å².